The van der Waals surface area contributed by atoms with Crippen molar-refractivity contribution < 1.29 is 22.3 Å². The molecule has 2 rings (SSSR count). The van der Waals surface area contributed by atoms with Crippen LogP contribution in [-0.2, 0) is 14.8 Å². The van der Waals surface area contributed by atoms with Crippen LogP contribution in [0.25, 0.3) is 0 Å². The van der Waals surface area contributed by atoms with Crippen LogP contribution < -0.4 is 14.8 Å². The van der Waals surface area contributed by atoms with Crippen molar-refractivity contribution in [2.75, 3.05) is 11.9 Å². The molecular weight excluding hydrogens is 359 g/mol. The molecule has 0 aliphatic carbocycles. The number of nitrogens with one attached hydrogen (secondary N) is 2. The van der Waals surface area contributed by atoms with Crippen molar-refractivity contribution in [2.45, 2.75) is 31.7 Å². The van der Waals surface area contributed by atoms with Crippen LogP contribution in [0.4, 0.5) is 10.1 Å². The average Bonchev–Trinajstić information content (AvgIpc) is 2.58. The van der Waals surface area contributed by atoms with Gasteiger partial charge in [-0.05, 0) is 62.7 Å². The predicted molar refractivity (Wildman–Crippen MR) is 97.2 cm³/mol. The third-order valence-electron chi connectivity index (χ3n) is 3.63. The zero-order chi connectivity index (χ0) is 19.3. The van der Waals surface area contributed by atoms with Gasteiger partial charge in [0, 0.05) is 5.69 Å². The van der Waals surface area contributed by atoms with E-state index in [0.29, 0.717) is 23.6 Å². The van der Waals surface area contributed by atoms with Crippen LogP contribution in [0.1, 0.15) is 19.4 Å². The molecule has 0 bridgehead atoms. The van der Waals surface area contributed by atoms with Crippen molar-refractivity contribution in [3.05, 3.63) is 53.8 Å². The lowest BCUT2D eigenvalue weighted by molar-refractivity contribution is -0.117. The van der Waals surface area contributed by atoms with Gasteiger partial charge in [-0.3, -0.25) is 4.79 Å². The smallest absolute Gasteiger partial charge is 0.242 e. The molecule has 0 radical (unpaired) electrons. The number of amides is 1. The Morgan fingerprint density at radius 2 is 1.85 bits per heavy atom. The largest absolute Gasteiger partial charge is 0.494 e. The van der Waals surface area contributed by atoms with Crippen molar-refractivity contribution in [1.82, 2.24) is 4.72 Å². The van der Waals surface area contributed by atoms with E-state index in [0.717, 1.165) is 0 Å². The van der Waals surface area contributed by atoms with Gasteiger partial charge in [-0.2, -0.15) is 4.72 Å². The highest BCUT2D eigenvalue weighted by Gasteiger charge is 2.22. The first-order valence-electron chi connectivity index (χ1n) is 8.05. The van der Waals surface area contributed by atoms with Crippen molar-refractivity contribution >= 4 is 21.6 Å². The van der Waals surface area contributed by atoms with Gasteiger partial charge in [0.25, 0.3) is 0 Å². The number of aryl methyl sites for hydroxylation is 1. The minimum Gasteiger partial charge on any atom is -0.494 e. The van der Waals surface area contributed by atoms with Gasteiger partial charge in [0.1, 0.15) is 11.6 Å². The molecule has 0 saturated carbocycles. The van der Waals surface area contributed by atoms with Crippen LogP contribution in [0.15, 0.2) is 47.4 Å². The first-order chi connectivity index (χ1) is 12.2. The molecule has 1 unspecified atom stereocenters. The van der Waals surface area contributed by atoms with Gasteiger partial charge in [-0.15, -0.1) is 0 Å². The van der Waals surface area contributed by atoms with Crippen LogP contribution in [0, 0.1) is 12.7 Å². The molecule has 0 fully saturated rings. The zero-order valence-electron chi connectivity index (χ0n) is 14.7. The molecule has 0 aromatic heterocycles. The van der Waals surface area contributed by atoms with Gasteiger partial charge >= 0.3 is 0 Å². The van der Waals surface area contributed by atoms with Gasteiger partial charge in [-0.25, -0.2) is 12.8 Å². The van der Waals surface area contributed by atoms with Crippen LogP contribution in [-0.4, -0.2) is 27.0 Å². The Labute approximate surface area is 152 Å². The van der Waals surface area contributed by atoms with Crippen LogP contribution in [0.3, 0.4) is 0 Å². The maximum Gasteiger partial charge on any atom is 0.242 e. The van der Waals surface area contributed by atoms with E-state index in [4.69, 9.17) is 4.74 Å². The average molecular weight is 380 g/mol. The molecule has 8 heteroatoms. The summed E-state index contributed by atoms with van der Waals surface area (Å²) in [4.78, 5) is 12.3. The highest BCUT2D eigenvalue weighted by Crippen LogP contribution is 2.18. The van der Waals surface area contributed by atoms with Crippen LogP contribution >= 0.6 is 0 Å². The van der Waals surface area contributed by atoms with Crippen molar-refractivity contribution in [1.29, 1.82) is 0 Å². The number of sulfonamides is 1. The lowest BCUT2D eigenvalue weighted by atomic mass is 10.2. The minimum atomic E-state index is -3.89. The quantitative estimate of drug-likeness (QED) is 0.774. The molecular formula is C18H21FN2O4S. The number of halogens is 1. The van der Waals surface area contributed by atoms with E-state index in [1.165, 1.54) is 37.3 Å². The number of hydrogen-bond donors (Lipinski definition) is 2. The van der Waals surface area contributed by atoms with Crippen molar-refractivity contribution in [2.24, 2.45) is 0 Å². The molecule has 0 aliphatic heterocycles. The molecule has 0 heterocycles. The number of anilines is 1. The lowest BCUT2D eigenvalue weighted by Gasteiger charge is -2.16. The normalized spacial score (nSPS) is 12.5. The van der Waals surface area contributed by atoms with E-state index in [1.54, 1.807) is 19.1 Å². The Morgan fingerprint density at radius 1 is 1.19 bits per heavy atom. The standard InChI is InChI=1S/C18H21FN2O4S/c1-4-25-15-7-9-16(10-8-15)26(23,24)21-13(3)18(22)20-17-11-14(19)6-5-12(17)2/h5-11,13,21H,4H2,1-3H3,(H,20,22). The highest BCUT2D eigenvalue weighted by molar-refractivity contribution is 7.89. The number of rotatable bonds is 7. The summed E-state index contributed by atoms with van der Waals surface area (Å²) in [7, 11) is -3.89. The fraction of sp³-hybridized carbons (Fsp3) is 0.278. The van der Waals surface area contributed by atoms with Gasteiger partial charge < -0.3 is 10.1 Å². The third-order valence-corrected chi connectivity index (χ3v) is 5.18. The molecule has 0 aliphatic rings. The van der Waals surface area contributed by atoms with Gasteiger partial charge in [0.15, 0.2) is 0 Å². The topological polar surface area (TPSA) is 84.5 Å². The first kappa shape index (κ1) is 19.9. The molecule has 26 heavy (non-hydrogen) atoms. The maximum absolute atomic E-state index is 13.3. The van der Waals surface area contributed by atoms with E-state index in [1.807, 2.05) is 6.92 Å². The monoisotopic (exact) mass is 380 g/mol. The summed E-state index contributed by atoms with van der Waals surface area (Å²) in [5.41, 5.74) is 0.962. The summed E-state index contributed by atoms with van der Waals surface area (Å²) in [5, 5.41) is 2.52. The first-order valence-corrected chi connectivity index (χ1v) is 9.53. The third kappa shape index (κ3) is 5.03. The Hall–Kier alpha value is -2.45. The summed E-state index contributed by atoms with van der Waals surface area (Å²) in [6.07, 6.45) is 0. The van der Waals surface area contributed by atoms with Gasteiger partial charge in [0.2, 0.25) is 15.9 Å². The lowest BCUT2D eigenvalue weighted by Crippen LogP contribution is -2.41. The molecule has 2 aromatic carbocycles. The highest BCUT2D eigenvalue weighted by atomic mass is 32.2. The number of ether oxygens (including phenoxy) is 1. The van der Waals surface area contributed by atoms with E-state index in [9.17, 15) is 17.6 Å². The molecule has 140 valence electrons. The number of carbonyl (C=O) groups is 1. The fourth-order valence-electron chi connectivity index (χ4n) is 2.21. The summed E-state index contributed by atoms with van der Waals surface area (Å²) in [6, 6.07) is 8.82. The van der Waals surface area contributed by atoms with Crippen LogP contribution in [0.5, 0.6) is 5.75 Å². The fourth-order valence-corrected chi connectivity index (χ4v) is 3.41. The summed E-state index contributed by atoms with van der Waals surface area (Å²) < 4.78 is 45.7. The van der Waals surface area contributed by atoms with Crippen molar-refractivity contribution in [3.63, 3.8) is 0 Å². The van der Waals surface area contributed by atoms with Gasteiger partial charge in [-0.1, -0.05) is 6.07 Å². The molecule has 2 aromatic rings. The second-order valence-electron chi connectivity index (χ2n) is 5.70. The Morgan fingerprint density at radius 3 is 2.46 bits per heavy atom. The van der Waals surface area contributed by atoms with Crippen molar-refractivity contribution in [3.8, 4) is 5.75 Å². The summed E-state index contributed by atoms with van der Waals surface area (Å²) in [5.74, 6) is -0.527. The van der Waals surface area contributed by atoms with Gasteiger partial charge in [0.05, 0.1) is 17.5 Å². The Kier molecular flexibility index (Phi) is 6.33. The second kappa shape index (κ2) is 8.29. The predicted octanol–water partition coefficient (Wildman–Crippen LogP) is 2.84. The number of carbonyl (C=O) groups excluding carboxylic acids is 1. The van der Waals surface area contributed by atoms with Crippen LogP contribution in [0.2, 0.25) is 0 Å². The van der Waals surface area contributed by atoms with E-state index < -0.39 is 27.8 Å². The molecule has 2 N–H and O–H groups in total. The van der Waals surface area contributed by atoms with E-state index in [-0.39, 0.29) is 4.90 Å². The van der Waals surface area contributed by atoms with E-state index >= 15 is 0 Å². The molecule has 0 saturated heterocycles. The maximum atomic E-state index is 13.3. The SMILES string of the molecule is CCOc1ccc(S(=O)(=O)NC(C)C(=O)Nc2cc(F)ccc2C)cc1. The Bertz CT molecular complexity index is 883. The molecule has 1 atom stereocenters. The zero-order valence-corrected chi connectivity index (χ0v) is 15.6. The van der Waals surface area contributed by atoms with E-state index in [2.05, 4.69) is 10.0 Å². The number of hydrogen-bond acceptors (Lipinski definition) is 4. The molecule has 0 spiro atoms. The second-order valence-corrected chi connectivity index (χ2v) is 7.41. The Balaban J connectivity index is 2.08. The number of benzene rings is 2. The summed E-state index contributed by atoms with van der Waals surface area (Å²) >= 11 is 0. The molecule has 1 amide bonds. The minimum absolute atomic E-state index is 0.0162. The molecule has 6 nitrogen and oxygen atoms in total. The summed E-state index contributed by atoms with van der Waals surface area (Å²) in [6.45, 7) is 5.42.